The van der Waals surface area contributed by atoms with Gasteiger partial charge in [-0.25, -0.2) is 8.78 Å². The van der Waals surface area contributed by atoms with E-state index in [-0.39, 0.29) is 12.2 Å². The minimum Gasteiger partial charge on any atom is -0.367 e. The Labute approximate surface area is 121 Å². The number of hydrogen-bond acceptors (Lipinski definition) is 3. The zero-order valence-corrected chi connectivity index (χ0v) is 12.6. The molecule has 20 heavy (non-hydrogen) atoms. The van der Waals surface area contributed by atoms with Gasteiger partial charge >= 0.3 is 0 Å². The molecular weight excluding hydrogens is 284 g/mol. The molecule has 1 fully saturated rings. The van der Waals surface area contributed by atoms with Crippen molar-refractivity contribution in [1.29, 1.82) is 0 Å². The summed E-state index contributed by atoms with van der Waals surface area (Å²) < 4.78 is 31.8. The maximum atomic E-state index is 13.0. The smallest absolute Gasteiger partial charge is 0.252 e. The highest BCUT2D eigenvalue weighted by molar-refractivity contribution is 7.07. The summed E-state index contributed by atoms with van der Waals surface area (Å²) in [7, 11) is 0. The largest absolute Gasteiger partial charge is 0.367 e. The van der Waals surface area contributed by atoms with Crippen molar-refractivity contribution in [1.82, 2.24) is 4.90 Å². The quantitative estimate of drug-likeness (QED) is 0.857. The molecule has 0 radical (unpaired) electrons. The number of hydrogen-bond donors (Lipinski definition) is 0. The molecule has 0 aromatic carbocycles. The second kappa shape index (κ2) is 5.77. The Morgan fingerprint density at radius 1 is 1.50 bits per heavy atom. The van der Waals surface area contributed by atoms with Crippen LogP contribution in [0.2, 0.25) is 0 Å². The number of alkyl halides is 2. The fourth-order valence-corrected chi connectivity index (χ4v) is 2.96. The van der Waals surface area contributed by atoms with E-state index in [1.165, 1.54) is 18.7 Å². The van der Waals surface area contributed by atoms with Crippen molar-refractivity contribution in [3.8, 4) is 0 Å². The number of ether oxygens (including phenoxy) is 1. The van der Waals surface area contributed by atoms with Gasteiger partial charge in [-0.1, -0.05) is 0 Å². The molecule has 1 aliphatic heterocycles. The van der Waals surface area contributed by atoms with Gasteiger partial charge in [0, 0.05) is 6.54 Å². The van der Waals surface area contributed by atoms with Gasteiger partial charge in [0.05, 0.1) is 12.6 Å². The van der Waals surface area contributed by atoms with E-state index in [9.17, 15) is 13.6 Å². The Hall–Kier alpha value is -1.01. The summed E-state index contributed by atoms with van der Waals surface area (Å²) in [4.78, 5) is 13.8. The summed E-state index contributed by atoms with van der Waals surface area (Å²) in [6.07, 6.45) is -3.07. The number of amides is 1. The molecule has 0 unspecified atom stereocenters. The molecule has 1 aromatic heterocycles. The van der Waals surface area contributed by atoms with Gasteiger partial charge in [0.1, 0.15) is 11.5 Å². The third-order valence-electron chi connectivity index (χ3n) is 3.56. The highest BCUT2D eigenvalue weighted by atomic mass is 32.1. The van der Waals surface area contributed by atoms with E-state index in [4.69, 9.17) is 4.74 Å². The second-order valence-electron chi connectivity index (χ2n) is 5.72. The zero-order chi connectivity index (χ0) is 14.9. The fourth-order valence-electron chi connectivity index (χ4n) is 2.26. The number of nitrogens with zero attached hydrogens (tertiary/aromatic N) is 1. The van der Waals surface area contributed by atoms with Crippen LogP contribution in [0.3, 0.4) is 0 Å². The molecule has 2 atom stereocenters. The third-order valence-corrected chi connectivity index (χ3v) is 4.26. The molecule has 1 amide bonds. The van der Waals surface area contributed by atoms with Crippen LogP contribution in [0.5, 0.6) is 0 Å². The SMILES string of the molecule is C[C@@H]1CN(C(=O)C(C)(C)C(F)F)C[C@H](c2ccsc2)O1. The van der Waals surface area contributed by atoms with Crippen molar-refractivity contribution in [2.45, 2.75) is 39.4 Å². The summed E-state index contributed by atoms with van der Waals surface area (Å²) in [6, 6.07) is 1.94. The Morgan fingerprint density at radius 2 is 2.20 bits per heavy atom. The van der Waals surface area contributed by atoms with Gasteiger partial charge in [0.15, 0.2) is 0 Å². The van der Waals surface area contributed by atoms with Gasteiger partial charge in [-0.2, -0.15) is 11.3 Å². The summed E-state index contributed by atoms with van der Waals surface area (Å²) in [5, 5.41) is 3.90. The molecule has 1 aromatic rings. The number of rotatable bonds is 3. The first kappa shape index (κ1) is 15.4. The second-order valence-corrected chi connectivity index (χ2v) is 6.50. The zero-order valence-electron chi connectivity index (χ0n) is 11.8. The molecule has 0 bridgehead atoms. The van der Waals surface area contributed by atoms with E-state index in [2.05, 4.69) is 0 Å². The molecule has 6 heteroatoms. The first-order valence-electron chi connectivity index (χ1n) is 6.57. The lowest BCUT2D eigenvalue weighted by atomic mass is 9.91. The van der Waals surface area contributed by atoms with Gasteiger partial charge in [0.25, 0.3) is 6.43 Å². The van der Waals surface area contributed by atoms with E-state index in [1.807, 2.05) is 23.8 Å². The van der Waals surface area contributed by atoms with E-state index >= 15 is 0 Å². The summed E-state index contributed by atoms with van der Waals surface area (Å²) in [5.74, 6) is -0.511. The van der Waals surface area contributed by atoms with Crippen molar-refractivity contribution in [3.63, 3.8) is 0 Å². The Bertz CT molecular complexity index is 462. The topological polar surface area (TPSA) is 29.5 Å². The van der Waals surface area contributed by atoms with Crippen molar-refractivity contribution in [3.05, 3.63) is 22.4 Å². The van der Waals surface area contributed by atoms with E-state index in [1.54, 1.807) is 11.3 Å². The molecule has 0 N–H and O–H groups in total. The van der Waals surface area contributed by atoms with Crippen LogP contribution in [-0.4, -0.2) is 36.4 Å². The van der Waals surface area contributed by atoms with Crippen LogP contribution < -0.4 is 0 Å². The van der Waals surface area contributed by atoms with Crippen molar-refractivity contribution < 1.29 is 18.3 Å². The lowest BCUT2D eigenvalue weighted by Crippen LogP contribution is -2.52. The third kappa shape index (κ3) is 3.01. The Kier molecular flexibility index (Phi) is 4.44. The van der Waals surface area contributed by atoms with Crippen LogP contribution in [0.1, 0.15) is 32.4 Å². The van der Waals surface area contributed by atoms with Crippen LogP contribution in [0, 0.1) is 5.41 Å². The normalized spacial score (nSPS) is 24.2. The maximum absolute atomic E-state index is 13.0. The lowest BCUT2D eigenvalue weighted by molar-refractivity contribution is -0.161. The van der Waals surface area contributed by atoms with Crippen molar-refractivity contribution in [2.75, 3.05) is 13.1 Å². The molecule has 3 nitrogen and oxygen atoms in total. The van der Waals surface area contributed by atoms with Gasteiger partial charge in [0.2, 0.25) is 5.91 Å². The number of carbonyl (C=O) groups excluding carboxylic acids is 1. The highest BCUT2D eigenvalue weighted by Crippen LogP contribution is 2.32. The lowest BCUT2D eigenvalue weighted by Gasteiger charge is -2.40. The number of thiophene rings is 1. The van der Waals surface area contributed by atoms with Gasteiger partial charge in [-0.3, -0.25) is 4.79 Å². The first-order chi connectivity index (χ1) is 9.32. The summed E-state index contributed by atoms with van der Waals surface area (Å²) in [6.45, 7) is 5.12. The molecule has 2 rings (SSSR count). The van der Waals surface area contributed by atoms with Crippen LogP contribution in [0.25, 0.3) is 0 Å². The van der Waals surface area contributed by atoms with E-state index in [0.29, 0.717) is 13.1 Å². The standard InChI is InChI=1S/C14H19F2NO2S/c1-9-6-17(13(18)14(2,3)12(15)16)7-11(19-9)10-4-5-20-8-10/h4-5,8-9,11-12H,6-7H2,1-3H3/t9-,11-/m1/s1. The highest BCUT2D eigenvalue weighted by Gasteiger charge is 2.42. The molecule has 1 saturated heterocycles. The molecule has 2 heterocycles. The molecule has 0 saturated carbocycles. The summed E-state index contributed by atoms with van der Waals surface area (Å²) >= 11 is 1.55. The van der Waals surface area contributed by atoms with Crippen molar-refractivity contribution in [2.24, 2.45) is 5.41 Å². The molecule has 0 spiro atoms. The molecular formula is C14H19F2NO2S. The first-order valence-corrected chi connectivity index (χ1v) is 7.51. The summed E-state index contributed by atoms with van der Waals surface area (Å²) in [5.41, 5.74) is -0.662. The van der Waals surface area contributed by atoms with Gasteiger partial charge in [-0.15, -0.1) is 0 Å². The maximum Gasteiger partial charge on any atom is 0.252 e. The van der Waals surface area contributed by atoms with Crippen LogP contribution in [0.15, 0.2) is 16.8 Å². The number of morpholine rings is 1. The predicted molar refractivity (Wildman–Crippen MR) is 74.0 cm³/mol. The number of halogens is 2. The van der Waals surface area contributed by atoms with Crippen LogP contribution >= 0.6 is 11.3 Å². The molecule has 1 aliphatic rings. The fraction of sp³-hybridized carbons (Fsp3) is 0.643. The van der Waals surface area contributed by atoms with Gasteiger partial charge < -0.3 is 9.64 Å². The van der Waals surface area contributed by atoms with Gasteiger partial charge in [-0.05, 0) is 43.2 Å². The van der Waals surface area contributed by atoms with E-state index in [0.717, 1.165) is 5.56 Å². The Balaban J connectivity index is 2.14. The monoisotopic (exact) mass is 303 g/mol. The minimum absolute atomic E-state index is 0.161. The van der Waals surface area contributed by atoms with Crippen molar-refractivity contribution >= 4 is 17.2 Å². The van der Waals surface area contributed by atoms with E-state index < -0.39 is 17.7 Å². The average Bonchev–Trinajstić information content (AvgIpc) is 2.90. The average molecular weight is 303 g/mol. The molecule has 112 valence electrons. The number of carbonyl (C=O) groups is 1. The minimum atomic E-state index is -2.67. The van der Waals surface area contributed by atoms with Crippen LogP contribution in [0.4, 0.5) is 8.78 Å². The van der Waals surface area contributed by atoms with Crippen LogP contribution in [-0.2, 0) is 9.53 Å². The predicted octanol–water partition coefficient (Wildman–Crippen LogP) is 3.33. The molecule has 0 aliphatic carbocycles. The Morgan fingerprint density at radius 3 is 2.75 bits per heavy atom.